The van der Waals surface area contributed by atoms with E-state index in [2.05, 4.69) is 0 Å². The summed E-state index contributed by atoms with van der Waals surface area (Å²) < 4.78 is 0.891. The minimum absolute atomic E-state index is 0.144. The summed E-state index contributed by atoms with van der Waals surface area (Å²) in [5.41, 5.74) is 1.30. The molecule has 0 bridgehead atoms. The van der Waals surface area contributed by atoms with E-state index in [-0.39, 0.29) is 11.6 Å². The zero-order chi connectivity index (χ0) is 15.1. The molecule has 2 nitrogen and oxygen atoms in total. The molecule has 21 heavy (non-hydrogen) atoms. The number of thioether (sulfide) groups is 2. The fourth-order valence-corrected chi connectivity index (χ4v) is 4.64. The molecule has 1 aliphatic heterocycles. The number of benzene rings is 1. The van der Waals surface area contributed by atoms with Crippen molar-refractivity contribution in [3.8, 4) is 0 Å². The van der Waals surface area contributed by atoms with E-state index >= 15 is 0 Å². The summed E-state index contributed by atoms with van der Waals surface area (Å²) in [6.45, 7) is 1.47. The van der Waals surface area contributed by atoms with Crippen molar-refractivity contribution in [3.63, 3.8) is 0 Å². The number of hydrogen-bond acceptors (Lipinski definition) is 4. The summed E-state index contributed by atoms with van der Waals surface area (Å²) >= 11 is 3.28. The summed E-state index contributed by atoms with van der Waals surface area (Å²) in [5.74, 6) is 1.63. The minimum Gasteiger partial charge on any atom is -0.294 e. The molecule has 0 aromatic heterocycles. The van der Waals surface area contributed by atoms with Crippen molar-refractivity contribution in [2.45, 2.75) is 19.8 Å². The molecule has 0 N–H and O–H groups in total. The zero-order valence-electron chi connectivity index (χ0n) is 12.0. The lowest BCUT2D eigenvalue weighted by atomic mass is 10.1. The van der Waals surface area contributed by atoms with Gasteiger partial charge in [0.25, 0.3) is 0 Å². The Morgan fingerprint density at radius 3 is 2.24 bits per heavy atom. The predicted octanol–water partition coefficient (Wildman–Crippen LogP) is 4.33. The first-order chi connectivity index (χ1) is 10.2. The van der Waals surface area contributed by atoms with Crippen LogP contribution in [0.5, 0.6) is 0 Å². The second kappa shape index (κ2) is 8.25. The van der Waals surface area contributed by atoms with Crippen molar-refractivity contribution in [1.82, 2.24) is 0 Å². The number of Topliss-reactive ketones (excluding diaryl/α,β-unsaturated/α-hetero) is 1. The van der Waals surface area contributed by atoms with Crippen LogP contribution in [0, 0.1) is 0 Å². The molecule has 1 aromatic rings. The van der Waals surface area contributed by atoms with Gasteiger partial charge in [-0.05, 0) is 42.9 Å². The maximum atomic E-state index is 12.4. The van der Waals surface area contributed by atoms with Gasteiger partial charge < -0.3 is 0 Å². The number of carbonyl (C=O) groups is 2. The molecule has 1 aliphatic rings. The minimum atomic E-state index is -0.191. The highest BCUT2D eigenvalue weighted by molar-refractivity contribution is 8.22. The van der Waals surface area contributed by atoms with E-state index in [4.69, 9.17) is 0 Å². The topological polar surface area (TPSA) is 34.1 Å². The third kappa shape index (κ3) is 4.90. The first-order valence-corrected chi connectivity index (χ1v) is 8.94. The highest BCUT2D eigenvalue weighted by Gasteiger charge is 2.20. The monoisotopic (exact) mass is 318 g/mol. The van der Waals surface area contributed by atoms with Crippen LogP contribution in [0.1, 0.15) is 25.3 Å². The maximum Gasteiger partial charge on any atom is 0.191 e. The third-order valence-electron chi connectivity index (χ3n) is 3.03. The molecule has 0 aliphatic carbocycles. The van der Waals surface area contributed by atoms with Gasteiger partial charge in [-0.25, -0.2) is 0 Å². The molecule has 0 spiro atoms. The molecule has 1 saturated heterocycles. The summed E-state index contributed by atoms with van der Waals surface area (Å²) in [6, 6.07) is 9.64. The van der Waals surface area contributed by atoms with E-state index in [1.807, 2.05) is 30.3 Å². The largest absolute Gasteiger partial charge is 0.294 e. The van der Waals surface area contributed by atoms with Gasteiger partial charge >= 0.3 is 0 Å². The van der Waals surface area contributed by atoms with Gasteiger partial charge in [0.05, 0.1) is 9.81 Å². The van der Waals surface area contributed by atoms with E-state index in [0.717, 1.165) is 34.1 Å². The maximum absolute atomic E-state index is 12.4. The average Bonchev–Trinajstić information content (AvgIpc) is 2.75. The van der Waals surface area contributed by atoms with Crippen LogP contribution in [0.3, 0.4) is 0 Å². The Kier molecular flexibility index (Phi) is 6.33. The average molecular weight is 318 g/mol. The number of carbonyl (C=O) groups excluding carboxylic acids is 2. The number of rotatable bonds is 4. The molecule has 110 valence electrons. The number of ketones is 2. The Bertz CT molecular complexity index is 564. The SMILES string of the molecule is CC(=O)C(C(=O)C=Cc1ccccc1)=C1SCCCCS1. The lowest BCUT2D eigenvalue weighted by Crippen LogP contribution is -2.09. The van der Waals surface area contributed by atoms with Gasteiger partial charge in [-0.1, -0.05) is 36.4 Å². The Hall–Kier alpha value is -1.26. The molecule has 0 saturated carbocycles. The van der Waals surface area contributed by atoms with Gasteiger partial charge in [-0.2, -0.15) is 0 Å². The molecule has 1 fully saturated rings. The summed E-state index contributed by atoms with van der Waals surface area (Å²) in [5, 5.41) is 0. The molecular weight excluding hydrogens is 300 g/mol. The quantitative estimate of drug-likeness (QED) is 0.470. The smallest absolute Gasteiger partial charge is 0.191 e. The predicted molar refractivity (Wildman–Crippen MR) is 92.3 cm³/mol. The van der Waals surface area contributed by atoms with Crippen LogP contribution in [0.2, 0.25) is 0 Å². The summed E-state index contributed by atoms with van der Waals surface area (Å²) in [6.07, 6.45) is 5.55. The molecule has 0 unspecified atom stereocenters. The van der Waals surface area contributed by atoms with Crippen molar-refractivity contribution in [3.05, 3.63) is 51.8 Å². The first kappa shape index (κ1) is 16.1. The molecule has 0 atom stereocenters. The Morgan fingerprint density at radius 1 is 1.05 bits per heavy atom. The van der Waals surface area contributed by atoms with Gasteiger partial charge in [0.2, 0.25) is 0 Å². The fourth-order valence-electron chi connectivity index (χ4n) is 1.96. The van der Waals surface area contributed by atoms with Crippen LogP contribution < -0.4 is 0 Å². The van der Waals surface area contributed by atoms with Crippen molar-refractivity contribution in [2.75, 3.05) is 11.5 Å². The van der Waals surface area contributed by atoms with Crippen LogP contribution in [0.25, 0.3) is 6.08 Å². The van der Waals surface area contributed by atoms with Crippen LogP contribution in [-0.4, -0.2) is 23.1 Å². The number of hydrogen-bond donors (Lipinski definition) is 0. The second-order valence-electron chi connectivity index (χ2n) is 4.73. The molecule has 0 amide bonds. The molecule has 0 radical (unpaired) electrons. The van der Waals surface area contributed by atoms with Crippen LogP contribution in [0.4, 0.5) is 0 Å². The van der Waals surface area contributed by atoms with E-state index in [9.17, 15) is 9.59 Å². The Balaban J connectivity index is 2.21. The standard InChI is InChI=1S/C17H18O2S2/c1-13(18)16(17-20-11-5-6-12-21-17)15(19)10-9-14-7-3-2-4-8-14/h2-4,7-10H,5-6,11-12H2,1H3. The first-order valence-electron chi connectivity index (χ1n) is 6.97. The van der Waals surface area contributed by atoms with Gasteiger partial charge in [-0.3, -0.25) is 9.59 Å². The van der Waals surface area contributed by atoms with E-state index in [1.54, 1.807) is 29.6 Å². The van der Waals surface area contributed by atoms with Crippen molar-refractivity contribution in [1.29, 1.82) is 0 Å². The Morgan fingerprint density at radius 2 is 1.67 bits per heavy atom. The fraction of sp³-hybridized carbons (Fsp3) is 0.294. The van der Waals surface area contributed by atoms with E-state index in [0.29, 0.717) is 5.57 Å². The van der Waals surface area contributed by atoms with Gasteiger partial charge in [0.1, 0.15) is 0 Å². The summed E-state index contributed by atoms with van der Waals surface area (Å²) in [7, 11) is 0. The molecule has 4 heteroatoms. The number of allylic oxidation sites excluding steroid dienone is 2. The lowest BCUT2D eigenvalue weighted by molar-refractivity contribution is -0.118. The molecular formula is C17H18O2S2. The van der Waals surface area contributed by atoms with Crippen LogP contribution in [-0.2, 0) is 9.59 Å². The molecule has 1 heterocycles. The highest BCUT2D eigenvalue weighted by atomic mass is 32.2. The normalized spacial score (nSPS) is 15.8. The third-order valence-corrected chi connectivity index (χ3v) is 5.66. The van der Waals surface area contributed by atoms with Crippen molar-refractivity contribution >= 4 is 41.2 Å². The van der Waals surface area contributed by atoms with Gasteiger partial charge in [0, 0.05) is 0 Å². The van der Waals surface area contributed by atoms with E-state index < -0.39 is 0 Å². The lowest BCUT2D eigenvalue weighted by Gasteiger charge is -2.07. The van der Waals surface area contributed by atoms with Gasteiger partial charge in [-0.15, -0.1) is 23.5 Å². The highest BCUT2D eigenvalue weighted by Crippen LogP contribution is 2.36. The second-order valence-corrected chi connectivity index (χ2v) is 7.20. The molecule has 1 aromatic carbocycles. The van der Waals surface area contributed by atoms with Crippen LogP contribution in [0.15, 0.2) is 46.2 Å². The van der Waals surface area contributed by atoms with Crippen molar-refractivity contribution in [2.24, 2.45) is 0 Å². The molecule has 2 rings (SSSR count). The van der Waals surface area contributed by atoms with E-state index in [1.165, 1.54) is 13.0 Å². The van der Waals surface area contributed by atoms with Crippen LogP contribution >= 0.6 is 23.5 Å². The zero-order valence-corrected chi connectivity index (χ0v) is 13.6. The van der Waals surface area contributed by atoms with Gasteiger partial charge in [0.15, 0.2) is 11.6 Å². The summed E-state index contributed by atoms with van der Waals surface area (Å²) in [4.78, 5) is 24.2. The Labute approximate surface area is 134 Å². The van der Waals surface area contributed by atoms with Crippen molar-refractivity contribution < 1.29 is 9.59 Å².